The SMILES string of the molecule is CNC(=O)c1cnn2c([C@@H]3CCCN(C4CCCC4)C3)ccnc12. The molecule has 1 aliphatic carbocycles. The van der Waals surface area contributed by atoms with Crippen LogP contribution in [0.1, 0.15) is 60.5 Å². The zero-order valence-corrected chi connectivity index (χ0v) is 14.2. The summed E-state index contributed by atoms with van der Waals surface area (Å²) in [6, 6.07) is 2.83. The Morgan fingerprint density at radius 3 is 2.88 bits per heavy atom. The number of piperidine rings is 1. The number of carbonyl (C=O) groups excluding carboxylic acids is 1. The Kier molecular flexibility index (Phi) is 4.22. The van der Waals surface area contributed by atoms with Crippen LogP contribution in [0.3, 0.4) is 0 Å². The van der Waals surface area contributed by atoms with Crippen LogP contribution in [-0.2, 0) is 0 Å². The largest absolute Gasteiger partial charge is 0.355 e. The van der Waals surface area contributed by atoms with Gasteiger partial charge in [-0.2, -0.15) is 5.10 Å². The van der Waals surface area contributed by atoms with E-state index in [1.165, 1.54) is 50.8 Å². The van der Waals surface area contributed by atoms with Gasteiger partial charge in [0.15, 0.2) is 5.65 Å². The van der Waals surface area contributed by atoms with Gasteiger partial charge in [-0.25, -0.2) is 9.50 Å². The van der Waals surface area contributed by atoms with Gasteiger partial charge in [0.1, 0.15) is 5.56 Å². The number of likely N-dealkylation sites (tertiary alicyclic amines) is 1. The van der Waals surface area contributed by atoms with Crippen molar-refractivity contribution >= 4 is 11.6 Å². The van der Waals surface area contributed by atoms with Crippen LogP contribution >= 0.6 is 0 Å². The maximum absolute atomic E-state index is 12.0. The molecule has 0 spiro atoms. The molecule has 1 aliphatic heterocycles. The van der Waals surface area contributed by atoms with E-state index < -0.39 is 0 Å². The van der Waals surface area contributed by atoms with Gasteiger partial charge >= 0.3 is 0 Å². The van der Waals surface area contributed by atoms with Crippen LogP contribution in [0.4, 0.5) is 0 Å². The number of rotatable bonds is 3. The normalized spacial score (nSPS) is 23.0. The van der Waals surface area contributed by atoms with E-state index in [1.54, 1.807) is 13.2 Å². The maximum atomic E-state index is 12.0. The van der Waals surface area contributed by atoms with E-state index in [1.807, 2.05) is 10.7 Å². The Hall–Kier alpha value is -1.95. The molecule has 2 aromatic rings. The smallest absolute Gasteiger partial charge is 0.256 e. The Labute approximate surface area is 142 Å². The number of nitrogens with one attached hydrogen (secondary N) is 1. The summed E-state index contributed by atoms with van der Waals surface area (Å²) >= 11 is 0. The molecule has 2 aromatic heterocycles. The highest BCUT2D eigenvalue weighted by molar-refractivity contribution is 5.99. The minimum Gasteiger partial charge on any atom is -0.355 e. The summed E-state index contributed by atoms with van der Waals surface area (Å²) < 4.78 is 1.87. The highest BCUT2D eigenvalue weighted by Crippen LogP contribution is 2.32. The highest BCUT2D eigenvalue weighted by Gasteiger charge is 2.30. The number of carbonyl (C=O) groups is 1. The Morgan fingerprint density at radius 1 is 1.25 bits per heavy atom. The minimum absolute atomic E-state index is 0.133. The van der Waals surface area contributed by atoms with E-state index in [2.05, 4.69) is 26.4 Å². The molecule has 0 radical (unpaired) electrons. The maximum Gasteiger partial charge on any atom is 0.256 e. The van der Waals surface area contributed by atoms with E-state index in [9.17, 15) is 4.79 Å². The molecule has 0 aromatic carbocycles. The van der Waals surface area contributed by atoms with Crippen molar-refractivity contribution in [3.05, 3.63) is 29.7 Å². The Balaban J connectivity index is 1.63. The van der Waals surface area contributed by atoms with Gasteiger partial charge in [-0.3, -0.25) is 9.69 Å². The predicted molar refractivity (Wildman–Crippen MR) is 92.2 cm³/mol. The zero-order valence-electron chi connectivity index (χ0n) is 14.2. The van der Waals surface area contributed by atoms with Crippen molar-refractivity contribution in [1.29, 1.82) is 0 Å². The second kappa shape index (κ2) is 6.51. The van der Waals surface area contributed by atoms with Crippen molar-refractivity contribution in [1.82, 2.24) is 24.8 Å². The number of nitrogens with zero attached hydrogens (tertiary/aromatic N) is 4. The molecule has 2 fully saturated rings. The Morgan fingerprint density at radius 2 is 2.08 bits per heavy atom. The zero-order chi connectivity index (χ0) is 16.5. The number of aromatic nitrogens is 3. The molecule has 6 heteroatoms. The lowest BCUT2D eigenvalue weighted by molar-refractivity contribution is 0.0964. The molecule has 128 valence electrons. The van der Waals surface area contributed by atoms with Gasteiger partial charge in [0.2, 0.25) is 0 Å². The standard InChI is InChI=1S/C18H25N5O/c1-19-18(24)15-11-21-23-16(8-9-20-17(15)23)13-5-4-10-22(12-13)14-6-2-3-7-14/h8-9,11,13-14H,2-7,10,12H2,1H3,(H,19,24)/t13-/m1/s1. The number of fused-ring (bicyclic) bond motifs is 1. The second-order valence-electron chi connectivity index (χ2n) is 7.01. The molecular weight excluding hydrogens is 302 g/mol. The topological polar surface area (TPSA) is 62.5 Å². The number of hydrogen-bond donors (Lipinski definition) is 1. The molecule has 1 amide bonds. The fraction of sp³-hybridized carbons (Fsp3) is 0.611. The third-order valence-corrected chi connectivity index (χ3v) is 5.61. The fourth-order valence-electron chi connectivity index (χ4n) is 4.36. The van der Waals surface area contributed by atoms with Crippen molar-refractivity contribution in [2.45, 2.75) is 50.5 Å². The molecule has 2 aliphatic rings. The lowest BCUT2D eigenvalue weighted by Crippen LogP contribution is -2.41. The quantitative estimate of drug-likeness (QED) is 0.939. The second-order valence-corrected chi connectivity index (χ2v) is 7.01. The molecule has 1 atom stereocenters. The van der Waals surface area contributed by atoms with Crippen LogP contribution in [-0.4, -0.2) is 51.6 Å². The average Bonchev–Trinajstić information content (AvgIpc) is 3.30. The van der Waals surface area contributed by atoms with Crippen molar-refractivity contribution in [3.8, 4) is 0 Å². The van der Waals surface area contributed by atoms with E-state index in [0.717, 1.165) is 12.6 Å². The Bertz CT molecular complexity index is 734. The van der Waals surface area contributed by atoms with Gasteiger partial charge in [0.05, 0.1) is 11.9 Å². The van der Waals surface area contributed by atoms with E-state index in [-0.39, 0.29) is 5.91 Å². The first kappa shape index (κ1) is 15.6. The highest BCUT2D eigenvalue weighted by atomic mass is 16.1. The molecule has 4 rings (SSSR count). The van der Waals surface area contributed by atoms with Gasteiger partial charge in [0, 0.05) is 31.7 Å². The van der Waals surface area contributed by atoms with Crippen LogP contribution in [0.15, 0.2) is 18.5 Å². The van der Waals surface area contributed by atoms with Crippen molar-refractivity contribution < 1.29 is 4.79 Å². The van der Waals surface area contributed by atoms with E-state index in [4.69, 9.17) is 0 Å². The first-order valence-electron chi connectivity index (χ1n) is 9.06. The molecule has 0 unspecified atom stereocenters. The summed E-state index contributed by atoms with van der Waals surface area (Å²) in [5.41, 5.74) is 2.38. The molecule has 0 bridgehead atoms. The molecule has 1 saturated heterocycles. The summed E-state index contributed by atoms with van der Waals surface area (Å²) in [6.45, 7) is 2.32. The van der Waals surface area contributed by atoms with Crippen LogP contribution in [0.5, 0.6) is 0 Å². The first-order chi connectivity index (χ1) is 11.8. The van der Waals surface area contributed by atoms with Gasteiger partial charge in [0.25, 0.3) is 5.91 Å². The summed E-state index contributed by atoms with van der Waals surface area (Å²) in [6.07, 6.45) is 11.3. The molecule has 6 nitrogen and oxygen atoms in total. The molecule has 1 saturated carbocycles. The molecular formula is C18H25N5O. The minimum atomic E-state index is -0.133. The molecule has 24 heavy (non-hydrogen) atoms. The van der Waals surface area contributed by atoms with E-state index in [0.29, 0.717) is 17.1 Å². The number of hydrogen-bond acceptors (Lipinski definition) is 4. The number of amides is 1. The monoisotopic (exact) mass is 327 g/mol. The third-order valence-electron chi connectivity index (χ3n) is 5.61. The van der Waals surface area contributed by atoms with Gasteiger partial charge in [-0.15, -0.1) is 0 Å². The summed E-state index contributed by atoms with van der Waals surface area (Å²) in [5, 5.41) is 7.12. The van der Waals surface area contributed by atoms with Crippen LogP contribution in [0.25, 0.3) is 5.65 Å². The predicted octanol–water partition coefficient (Wildman–Crippen LogP) is 2.21. The van der Waals surface area contributed by atoms with Crippen LogP contribution < -0.4 is 5.32 Å². The summed E-state index contributed by atoms with van der Waals surface area (Å²) in [4.78, 5) is 19.1. The van der Waals surface area contributed by atoms with Crippen molar-refractivity contribution in [3.63, 3.8) is 0 Å². The fourth-order valence-corrected chi connectivity index (χ4v) is 4.36. The van der Waals surface area contributed by atoms with Crippen LogP contribution in [0.2, 0.25) is 0 Å². The van der Waals surface area contributed by atoms with E-state index >= 15 is 0 Å². The van der Waals surface area contributed by atoms with Crippen LogP contribution in [0, 0.1) is 0 Å². The van der Waals surface area contributed by atoms with Crippen molar-refractivity contribution in [2.24, 2.45) is 0 Å². The first-order valence-corrected chi connectivity index (χ1v) is 9.06. The lowest BCUT2D eigenvalue weighted by Gasteiger charge is -2.36. The molecule has 3 heterocycles. The summed E-state index contributed by atoms with van der Waals surface area (Å²) in [5.74, 6) is 0.327. The van der Waals surface area contributed by atoms with Crippen molar-refractivity contribution in [2.75, 3.05) is 20.1 Å². The third kappa shape index (κ3) is 2.69. The summed E-state index contributed by atoms with van der Waals surface area (Å²) in [7, 11) is 1.64. The average molecular weight is 327 g/mol. The van der Waals surface area contributed by atoms with Gasteiger partial charge in [-0.05, 0) is 38.3 Å². The lowest BCUT2D eigenvalue weighted by atomic mass is 9.93. The molecule has 1 N–H and O–H groups in total. The van der Waals surface area contributed by atoms with Gasteiger partial charge < -0.3 is 5.32 Å². The van der Waals surface area contributed by atoms with Gasteiger partial charge in [-0.1, -0.05) is 12.8 Å².